The second kappa shape index (κ2) is 10.3. The van der Waals surface area contributed by atoms with Gasteiger partial charge in [0.15, 0.2) is 0 Å². The molecule has 156 valence electrons. The van der Waals surface area contributed by atoms with Crippen LogP contribution in [0.2, 0.25) is 0 Å². The summed E-state index contributed by atoms with van der Waals surface area (Å²) in [4.78, 5) is 22.2. The molecule has 0 radical (unpaired) electrons. The molecule has 0 bridgehead atoms. The van der Waals surface area contributed by atoms with Gasteiger partial charge in [-0.15, -0.1) is 0 Å². The van der Waals surface area contributed by atoms with Crippen molar-refractivity contribution in [1.82, 2.24) is 14.9 Å². The molecule has 2 aromatic carbocycles. The highest BCUT2D eigenvalue weighted by molar-refractivity contribution is 5.64. The smallest absolute Gasteiger partial charge is 0.274 e. The van der Waals surface area contributed by atoms with Crippen molar-refractivity contribution in [2.45, 2.75) is 13.0 Å². The number of hydrogen-bond acceptors (Lipinski definition) is 7. The van der Waals surface area contributed by atoms with E-state index in [-0.39, 0.29) is 10.6 Å². The highest BCUT2D eigenvalue weighted by atomic mass is 16.6. The topological polar surface area (TPSA) is 96.2 Å². The van der Waals surface area contributed by atoms with Crippen molar-refractivity contribution in [3.63, 3.8) is 0 Å². The van der Waals surface area contributed by atoms with Gasteiger partial charge < -0.3 is 15.5 Å². The third-order valence-corrected chi connectivity index (χ3v) is 4.51. The first-order chi connectivity index (χ1) is 14.5. The van der Waals surface area contributed by atoms with Crippen LogP contribution in [-0.4, -0.2) is 47.0 Å². The van der Waals surface area contributed by atoms with Crippen LogP contribution in [0.3, 0.4) is 0 Å². The van der Waals surface area contributed by atoms with Gasteiger partial charge in [-0.1, -0.05) is 48.5 Å². The van der Waals surface area contributed by atoms with Gasteiger partial charge in [-0.2, -0.15) is 4.98 Å². The van der Waals surface area contributed by atoms with Crippen molar-refractivity contribution in [1.29, 1.82) is 0 Å². The quantitative estimate of drug-likeness (QED) is 0.298. The first-order valence-electron chi connectivity index (χ1n) is 9.82. The van der Waals surface area contributed by atoms with Crippen LogP contribution in [0.5, 0.6) is 0 Å². The molecular formula is C22H26N6O2. The summed E-state index contributed by atoms with van der Waals surface area (Å²) in [5.74, 6) is 1.14. The predicted molar refractivity (Wildman–Crippen MR) is 120 cm³/mol. The number of nitro benzene ring substituents is 1. The maximum atomic E-state index is 11.3. The van der Waals surface area contributed by atoms with Crippen molar-refractivity contribution in [2.75, 3.05) is 37.8 Å². The first-order valence-corrected chi connectivity index (χ1v) is 9.82. The molecule has 8 heteroatoms. The lowest BCUT2D eigenvalue weighted by atomic mass is 10.1. The highest BCUT2D eigenvalue weighted by Gasteiger charge is 2.13. The summed E-state index contributed by atoms with van der Waals surface area (Å²) >= 11 is 0. The zero-order valence-corrected chi connectivity index (χ0v) is 17.2. The molecule has 0 saturated heterocycles. The summed E-state index contributed by atoms with van der Waals surface area (Å²) < 4.78 is 0. The number of rotatable bonds is 10. The van der Waals surface area contributed by atoms with Gasteiger partial charge in [0.05, 0.1) is 10.6 Å². The number of hydrogen-bond donors (Lipinski definition) is 2. The fourth-order valence-corrected chi connectivity index (χ4v) is 2.99. The average molecular weight is 406 g/mol. The van der Waals surface area contributed by atoms with E-state index in [1.54, 1.807) is 18.2 Å². The Morgan fingerprint density at radius 3 is 2.47 bits per heavy atom. The van der Waals surface area contributed by atoms with Crippen molar-refractivity contribution in [3.8, 4) is 11.3 Å². The van der Waals surface area contributed by atoms with Crippen LogP contribution >= 0.6 is 0 Å². The lowest BCUT2D eigenvalue weighted by molar-refractivity contribution is -0.385. The zero-order chi connectivity index (χ0) is 21.3. The molecule has 0 saturated carbocycles. The Kier molecular flexibility index (Phi) is 7.29. The predicted octanol–water partition coefficient (Wildman–Crippen LogP) is 4.03. The van der Waals surface area contributed by atoms with E-state index in [9.17, 15) is 10.1 Å². The van der Waals surface area contributed by atoms with Crippen molar-refractivity contribution < 1.29 is 4.92 Å². The standard InChI is InChI=1S/C22H26N6O2/c1-27(2)14-8-13-23-22-25-19(17-9-4-3-5-10-17)15-21(26-22)24-16-18-11-6-7-12-20(18)28(29)30/h3-7,9-12,15H,8,13-14,16H2,1-2H3,(H2,23,24,25,26). The maximum Gasteiger partial charge on any atom is 0.274 e. The zero-order valence-electron chi connectivity index (χ0n) is 17.2. The summed E-state index contributed by atoms with van der Waals surface area (Å²) in [6.45, 7) is 2.01. The molecule has 3 aromatic rings. The van der Waals surface area contributed by atoms with E-state index >= 15 is 0 Å². The summed E-state index contributed by atoms with van der Waals surface area (Å²) in [5, 5.41) is 17.8. The van der Waals surface area contributed by atoms with Gasteiger partial charge in [0.1, 0.15) is 5.82 Å². The van der Waals surface area contributed by atoms with Crippen LogP contribution in [0.1, 0.15) is 12.0 Å². The fraction of sp³-hybridized carbons (Fsp3) is 0.273. The fourth-order valence-electron chi connectivity index (χ4n) is 2.99. The molecule has 8 nitrogen and oxygen atoms in total. The number of benzene rings is 2. The van der Waals surface area contributed by atoms with Crippen LogP contribution in [0.25, 0.3) is 11.3 Å². The Morgan fingerprint density at radius 1 is 1.00 bits per heavy atom. The lowest BCUT2D eigenvalue weighted by Crippen LogP contribution is -2.17. The third-order valence-electron chi connectivity index (χ3n) is 4.51. The summed E-state index contributed by atoms with van der Waals surface area (Å²) in [5.41, 5.74) is 2.45. The Morgan fingerprint density at radius 2 is 1.73 bits per heavy atom. The van der Waals surface area contributed by atoms with Crippen LogP contribution in [0.4, 0.5) is 17.5 Å². The molecule has 30 heavy (non-hydrogen) atoms. The van der Waals surface area contributed by atoms with Crippen LogP contribution in [0.15, 0.2) is 60.7 Å². The third kappa shape index (κ3) is 5.99. The molecule has 1 heterocycles. The maximum absolute atomic E-state index is 11.3. The lowest BCUT2D eigenvalue weighted by Gasteiger charge is -2.13. The number of nitro groups is 1. The van der Waals surface area contributed by atoms with Crippen molar-refractivity contribution >= 4 is 17.5 Å². The van der Waals surface area contributed by atoms with Gasteiger partial charge in [-0.3, -0.25) is 10.1 Å². The Hall–Kier alpha value is -3.52. The molecule has 0 unspecified atom stereocenters. The van der Waals surface area contributed by atoms with E-state index in [4.69, 9.17) is 0 Å². The number of para-hydroxylation sites is 1. The van der Waals surface area contributed by atoms with Gasteiger partial charge in [-0.25, -0.2) is 4.98 Å². The molecule has 2 N–H and O–H groups in total. The van der Waals surface area contributed by atoms with Gasteiger partial charge in [0, 0.05) is 36.3 Å². The molecule has 0 aliphatic heterocycles. The Bertz CT molecular complexity index is 978. The van der Waals surface area contributed by atoms with Gasteiger partial charge in [0.25, 0.3) is 5.69 Å². The van der Waals surface area contributed by atoms with E-state index in [2.05, 4.69) is 25.5 Å². The summed E-state index contributed by atoms with van der Waals surface area (Å²) in [7, 11) is 4.08. The number of anilines is 2. The van der Waals surface area contributed by atoms with Crippen LogP contribution in [0, 0.1) is 10.1 Å². The van der Waals surface area contributed by atoms with E-state index in [0.29, 0.717) is 23.9 Å². The molecule has 1 aromatic heterocycles. The van der Waals surface area contributed by atoms with E-state index in [0.717, 1.165) is 30.8 Å². The van der Waals surface area contributed by atoms with E-state index in [1.165, 1.54) is 6.07 Å². The summed E-state index contributed by atoms with van der Waals surface area (Å²) in [6.07, 6.45) is 0.963. The van der Waals surface area contributed by atoms with Crippen LogP contribution in [-0.2, 0) is 6.54 Å². The molecule has 0 amide bonds. The largest absolute Gasteiger partial charge is 0.366 e. The summed E-state index contributed by atoms with van der Waals surface area (Å²) in [6, 6.07) is 18.4. The number of nitrogens with zero attached hydrogens (tertiary/aromatic N) is 4. The van der Waals surface area contributed by atoms with Gasteiger partial charge >= 0.3 is 0 Å². The second-order valence-corrected chi connectivity index (χ2v) is 7.15. The minimum atomic E-state index is -0.371. The Labute approximate surface area is 176 Å². The van der Waals surface area contributed by atoms with Gasteiger partial charge in [0.2, 0.25) is 5.95 Å². The number of aromatic nitrogens is 2. The average Bonchev–Trinajstić information content (AvgIpc) is 2.76. The molecule has 0 aliphatic rings. The molecular weight excluding hydrogens is 380 g/mol. The van der Waals surface area contributed by atoms with Crippen LogP contribution < -0.4 is 10.6 Å². The monoisotopic (exact) mass is 406 g/mol. The Balaban J connectivity index is 1.80. The molecule has 0 atom stereocenters. The SMILES string of the molecule is CN(C)CCCNc1nc(NCc2ccccc2[N+](=O)[O-])cc(-c2ccccc2)n1. The normalized spacial score (nSPS) is 10.8. The van der Waals surface area contributed by atoms with E-state index < -0.39 is 0 Å². The molecule has 0 aliphatic carbocycles. The highest BCUT2D eigenvalue weighted by Crippen LogP contribution is 2.23. The minimum Gasteiger partial charge on any atom is -0.366 e. The molecule has 3 rings (SSSR count). The van der Waals surface area contributed by atoms with Gasteiger partial charge in [-0.05, 0) is 27.1 Å². The van der Waals surface area contributed by atoms with E-state index in [1.807, 2.05) is 50.5 Å². The molecule has 0 spiro atoms. The first kappa shape index (κ1) is 21.2. The number of nitrogens with one attached hydrogen (secondary N) is 2. The van der Waals surface area contributed by atoms with Crippen molar-refractivity contribution in [2.24, 2.45) is 0 Å². The second-order valence-electron chi connectivity index (χ2n) is 7.15. The molecule has 0 fully saturated rings. The minimum absolute atomic E-state index is 0.0874. The van der Waals surface area contributed by atoms with Crippen molar-refractivity contribution in [3.05, 3.63) is 76.3 Å².